The van der Waals surface area contributed by atoms with Crippen LogP contribution in [0.5, 0.6) is 0 Å². The molecule has 1 saturated carbocycles. The molecule has 1 aliphatic carbocycles. The van der Waals surface area contributed by atoms with Crippen molar-refractivity contribution >= 4 is 0 Å². The summed E-state index contributed by atoms with van der Waals surface area (Å²) in [5.74, 6) is 1.67. The van der Waals surface area contributed by atoms with E-state index in [1.165, 1.54) is 6.42 Å². The highest BCUT2D eigenvalue weighted by Gasteiger charge is 2.51. The highest BCUT2D eigenvalue weighted by Crippen LogP contribution is 2.49. The normalized spacial score (nSPS) is 44.8. The van der Waals surface area contributed by atoms with Crippen molar-refractivity contribution in [1.82, 2.24) is 0 Å². The van der Waals surface area contributed by atoms with Gasteiger partial charge < -0.3 is 9.84 Å². The van der Waals surface area contributed by atoms with Gasteiger partial charge in [-0.05, 0) is 71.1 Å². The Hall–Kier alpha value is -0.0800. The molecule has 0 spiro atoms. The molecule has 0 aromatic rings. The smallest absolute Gasteiger partial charge is 0.0666 e. The van der Waals surface area contributed by atoms with Crippen LogP contribution in [-0.2, 0) is 4.74 Å². The Kier molecular flexibility index (Phi) is 3.33. The van der Waals surface area contributed by atoms with E-state index in [-0.39, 0.29) is 17.3 Å². The Morgan fingerprint density at radius 3 is 2.29 bits per heavy atom. The van der Waals surface area contributed by atoms with Gasteiger partial charge in [-0.15, -0.1) is 0 Å². The quantitative estimate of drug-likeness (QED) is 0.761. The molecule has 1 heterocycles. The molecule has 100 valence electrons. The molecule has 0 bridgehead atoms. The summed E-state index contributed by atoms with van der Waals surface area (Å²) in [5, 5.41) is 10.3. The minimum atomic E-state index is -0.118. The number of aliphatic hydroxyl groups excluding tert-OH is 1. The third-order valence-corrected chi connectivity index (χ3v) is 4.78. The van der Waals surface area contributed by atoms with Crippen LogP contribution in [0.3, 0.4) is 0 Å². The summed E-state index contributed by atoms with van der Waals surface area (Å²) < 4.78 is 6.17. The second-order valence-corrected chi connectivity index (χ2v) is 7.43. The third kappa shape index (κ3) is 2.68. The fourth-order valence-electron chi connectivity index (χ4n) is 4.11. The SMILES string of the molecule is CC1CCC(O)C(C2CC(C)(C)OC2(C)C)C1. The molecule has 2 nitrogen and oxygen atoms in total. The van der Waals surface area contributed by atoms with Gasteiger partial charge in [0.25, 0.3) is 0 Å². The molecule has 17 heavy (non-hydrogen) atoms. The minimum absolute atomic E-state index is 0.0332. The molecule has 2 rings (SSSR count). The van der Waals surface area contributed by atoms with Gasteiger partial charge in [0.2, 0.25) is 0 Å². The largest absolute Gasteiger partial charge is 0.393 e. The first-order chi connectivity index (χ1) is 7.71. The summed E-state index contributed by atoms with van der Waals surface area (Å²) in [7, 11) is 0. The van der Waals surface area contributed by atoms with Crippen LogP contribution in [0.2, 0.25) is 0 Å². The lowest BCUT2D eigenvalue weighted by Crippen LogP contribution is -2.41. The van der Waals surface area contributed by atoms with Crippen LogP contribution in [0.15, 0.2) is 0 Å². The zero-order valence-electron chi connectivity index (χ0n) is 12.0. The van der Waals surface area contributed by atoms with E-state index < -0.39 is 0 Å². The summed E-state index contributed by atoms with van der Waals surface area (Å²) >= 11 is 0. The van der Waals surface area contributed by atoms with Crippen molar-refractivity contribution in [2.45, 2.75) is 77.6 Å². The molecule has 0 amide bonds. The molecule has 4 unspecified atom stereocenters. The van der Waals surface area contributed by atoms with Gasteiger partial charge in [-0.3, -0.25) is 0 Å². The van der Waals surface area contributed by atoms with Gasteiger partial charge in [0, 0.05) is 0 Å². The average Bonchev–Trinajstić information content (AvgIpc) is 2.38. The molecule has 2 heteroatoms. The lowest BCUT2D eigenvalue weighted by Gasteiger charge is -2.40. The average molecular weight is 240 g/mol. The predicted molar refractivity (Wildman–Crippen MR) is 69.9 cm³/mol. The fraction of sp³-hybridized carbons (Fsp3) is 1.00. The zero-order chi connectivity index (χ0) is 12.8. The molecule has 0 aromatic heterocycles. The fourth-order valence-corrected chi connectivity index (χ4v) is 4.11. The lowest BCUT2D eigenvalue weighted by molar-refractivity contribution is -0.0929. The Morgan fingerprint density at radius 1 is 1.12 bits per heavy atom. The molecule has 1 aliphatic heterocycles. The molecule has 1 N–H and O–H groups in total. The second-order valence-electron chi connectivity index (χ2n) is 7.43. The first kappa shape index (κ1) is 13.4. The Labute approximate surface area is 106 Å². The molecular weight excluding hydrogens is 212 g/mol. The maximum atomic E-state index is 10.3. The van der Waals surface area contributed by atoms with E-state index in [0.717, 1.165) is 25.2 Å². The van der Waals surface area contributed by atoms with Gasteiger partial charge >= 0.3 is 0 Å². The lowest BCUT2D eigenvalue weighted by atomic mass is 9.68. The zero-order valence-corrected chi connectivity index (χ0v) is 12.0. The Balaban J connectivity index is 2.15. The number of ether oxygens (including phenoxy) is 1. The highest BCUT2D eigenvalue weighted by atomic mass is 16.5. The van der Waals surface area contributed by atoms with Crippen LogP contribution in [-0.4, -0.2) is 22.4 Å². The highest BCUT2D eigenvalue weighted by molar-refractivity contribution is 4.99. The van der Waals surface area contributed by atoms with Crippen LogP contribution < -0.4 is 0 Å². The summed E-state index contributed by atoms with van der Waals surface area (Å²) in [6, 6.07) is 0. The number of hydrogen-bond donors (Lipinski definition) is 1. The van der Waals surface area contributed by atoms with Crippen LogP contribution in [0.1, 0.15) is 60.3 Å². The Morgan fingerprint density at radius 2 is 1.76 bits per heavy atom. The van der Waals surface area contributed by atoms with Crippen molar-refractivity contribution in [3.63, 3.8) is 0 Å². The monoisotopic (exact) mass is 240 g/mol. The number of rotatable bonds is 1. The first-order valence-electron chi connectivity index (χ1n) is 7.09. The number of aliphatic hydroxyl groups is 1. The van der Waals surface area contributed by atoms with Crippen molar-refractivity contribution in [1.29, 1.82) is 0 Å². The molecular formula is C15H28O2. The van der Waals surface area contributed by atoms with Crippen LogP contribution >= 0.6 is 0 Å². The Bertz CT molecular complexity index is 283. The summed E-state index contributed by atoms with van der Waals surface area (Å²) in [5.41, 5.74) is -0.124. The molecule has 1 saturated heterocycles. The second kappa shape index (κ2) is 4.24. The molecule has 0 aromatic carbocycles. The number of hydrogen-bond acceptors (Lipinski definition) is 2. The molecule has 2 aliphatic rings. The molecule has 4 atom stereocenters. The van der Waals surface area contributed by atoms with Crippen molar-refractivity contribution < 1.29 is 9.84 Å². The van der Waals surface area contributed by atoms with Crippen LogP contribution in [0, 0.1) is 17.8 Å². The van der Waals surface area contributed by atoms with Crippen LogP contribution in [0.25, 0.3) is 0 Å². The predicted octanol–water partition coefficient (Wildman–Crippen LogP) is 3.38. The van der Waals surface area contributed by atoms with Crippen molar-refractivity contribution in [3.05, 3.63) is 0 Å². The van der Waals surface area contributed by atoms with E-state index >= 15 is 0 Å². The van der Waals surface area contributed by atoms with Gasteiger partial charge in [-0.2, -0.15) is 0 Å². The van der Waals surface area contributed by atoms with Crippen molar-refractivity contribution in [3.8, 4) is 0 Å². The van der Waals surface area contributed by atoms with Gasteiger partial charge in [-0.25, -0.2) is 0 Å². The minimum Gasteiger partial charge on any atom is -0.393 e. The summed E-state index contributed by atoms with van der Waals surface area (Å²) in [6.45, 7) is 11.0. The van der Waals surface area contributed by atoms with Crippen LogP contribution in [0.4, 0.5) is 0 Å². The maximum absolute atomic E-state index is 10.3. The van der Waals surface area contributed by atoms with E-state index in [1.54, 1.807) is 0 Å². The summed E-state index contributed by atoms with van der Waals surface area (Å²) in [6.07, 6.45) is 4.27. The van der Waals surface area contributed by atoms with E-state index in [2.05, 4.69) is 34.6 Å². The third-order valence-electron chi connectivity index (χ3n) is 4.78. The maximum Gasteiger partial charge on any atom is 0.0666 e. The van der Waals surface area contributed by atoms with Crippen molar-refractivity contribution in [2.24, 2.45) is 17.8 Å². The van der Waals surface area contributed by atoms with Gasteiger partial charge in [0.15, 0.2) is 0 Å². The van der Waals surface area contributed by atoms with Gasteiger partial charge in [0.1, 0.15) is 0 Å². The van der Waals surface area contributed by atoms with Crippen molar-refractivity contribution in [2.75, 3.05) is 0 Å². The van der Waals surface area contributed by atoms with E-state index in [0.29, 0.717) is 11.8 Å². The first-order valence-corrected chi connectivity index (χ1v) is 7.09. The molecule has 0 radical (unpaired) electrons. The topological polar surface area (TPSA) is 29.5 Å². The summed E-state index contributed by atoms with van der Waals surface area (Å²) in [4.78, 5) is 0. The standard InChI is InChI=1S/C15H28O2/c1-10-6-7-13(16)11(8-10)12-9-14(2,3)17-15(12,4)5/h10-13,16H,6-9H2,1-5H3. The van der Waals surface area contributed by atoms with E-state index in [1.807, 2.05) is 0 Å². The van der Waals surface area contributed by atoms with E-state index in [4.69, 9.17) is 4.74 Å². The van der Waals surface area contributed by atoms with E-state index in [9.17, 15) is 5.11 Å². The van der Waals surface area contributed by atoms with Gasteiger partial charge in [-0.1, -0.05) is 6.92 Å². The van der Waals surface area contributed by atoms with Gasteiger partial charge in [0.05, 0.1) is 17.3 Å². The molecule has 2 fully saturated rings.